The average molecular weight is 436 g/mol. The van der Waals surface area contributed by atoms with Crippen molar-refractivity contribution in [3.63, 3.8) is 0 Å². The van der Waals surface area contributed by atoms with Crippen molar-refractivity contribution in [3.8, 4) is 11.5 Å². The first kappa shape index (κ1) is 19.6. The van der Waals surface area contributed by atoms with E-state index in [1.165, 1.54) is 6.07 Å². The molecule has 0 saturated heterocycles. The molecule has 8 nitrogen and oxygen atoms in total. The molecule has 0 saturated carbocycles. The van der Waals surface area contributed by atoms with Gasteiger partial charge in [-0.25, -0.2) is 13.1 Å². The maximum absolute atomic E-state index is 13.2. The molecule has 3 aromatic rings. The Kier molecular flexibility index (Phi) is 4.89. The van der Waals surface area contributed by atoms with E-state index in [9.17, 15) is 13.2 Å². The van der Waals surface area contributed by atoms with E-state index < -0.39 is 28.1 Å². The minimum absolute atomic E-state index is 0.170. The van der Waals surface area contributed by atoms with E-state index in [-0.39, 0.29) is 22.6 Å². The van der Waals surface area contributed by atoms with Crippen molar-refractivity contribution < 1.29 is 22.7 Å². The van der Waals surface area contributed by atoms with Gasteiger partial charge in [0.25, 0.3) is 5.91 Å². The molecule has 2 unspecified atom stereocenters. The van der Waals surface area contributed by atoms with Gasteiger partial charge in [-0.15, -0.1) is 0 Å². The molecule has 2 atom stereocenters. The lowest BCUT2D eigenvalue weighted by molar-refractivity contribution is 0.0725. The summed E-state index contributed by atoms with van der Waals surface area (Å²) in [6, 6.07) is 11.1. The molecule has 2 aromatic carbocycles. The van der Waals surface area contributed by atoms with Crippen molar-refractivity contribution >= 4 is 38.4 Å². The lowest BCUT2D eigenvalue weighted by atomic mass is 10.2. The molecule has 1 aliphatic rings. The van der Waals surface area contributed by atoms with Gasteiger partial charge in [-0.1, -0.05) is 23.7 Å². The third-order valence-electron chi connectivity index (χ3n) is 4.66. The van der Waals surface area contributed by atoms with Crippen LogP contribution in [0, 0.1) is 0 Å². The molecule has 10 heteroatoms. The van der Waals surface area contributed by atoms with Crippen LogP contribution in [0.15, 0.2) is 47.4 Å². The molecule has 4 rings (SSSR count). The minimum atomic E-state index is -4.14. The van der Waals surface area contributed by atoms with Gasteiger partial charge in [-0.3, -0.25) is 4.79 Å². The van der Waals surface area contributed by atoms with Gasteiger partial charge in [-0.05, 0) is 37.3 Å². The van der Waals surface area contributed by atoms with Crippen LogP contribution in [-0.2, 0) is 10.0 Å². The second kappa shape index (κ2) is 7.25. The highest BCUT2D eigenvalue weighted by atomic mass is 35.5. The maximum Gasteiger partial charge on any atom is 0.266 e. The third kappa shape index (κ3) is 3.64. The number of ether oxygens (including phenoxy) is 2. The van der Waals surface area contributed by atoms with E-state index >= 15 is 0 Å². The standard InChI is InChI=1S/C19H18ClN3O5S/c1-10(16-9-27-14-4-2-3-5-15(14)28-16)23-29(25,26)18-12-8-11(20)6-7-13(12)22-17(18)19(21)24/h2-8,10,16,22-23H,9H2,1H3,(H2,21,24). The summed E-state index contributed by atoms with van der Waals surface area (Å²) in [5, 5.41) is 0.606. The van der Waals surface area contributed by atoms with E-state index in [4.69, 9.17) is 26.8 Å². The van der Waals surface area contributed by atoms with Crippen LogP contribution < -0.4 is 19.9 Å². The molecular formula is C19H18ClN3O5S. The van der Waals surface area contributed by atoms with E-state index in [1.807, 2.05) is 6.07 Å². The van der Waals surface area contributed by atoms with Crippen LogP contribution in [0.25, 0.3) is 10.9 Å². The zero-order chi connectivity index (χ0) is 20.8. The molecule has 1 aromatic heterocycles. The van der Waals surface area contributed by atoms with E-state index in [2.05, 4.69) is 9.71 Å². The monoisotopic (exact) mass is 435 g/mol. The minimum Gasteiger partial charge on any atom is -0.486 e. The highest BCUT2D eigenvalue weighted by Crippen LogP contribution is 2.33. The first-order valence-electron chi connectivity index (χ1n) is 8.78. The Morgan fingerprint density at radius 1 is 1.28 bits per heavy atom. The third-order valence-corrected chi connectivity index (χ3v) is 6.54. The number of carbonyl (C=O) groups excluding carboxylic acids is 1. The molecule has 0 fully saturated rings. The van der Waals surface area contributed by atoms with Gasteiger partial charge < -0.3 is 20.2 Å². The number of H-pyrrole nitrogens is 1. The molecule has 0 radical (unpaired) electrons. The zero-order valence-corrected chi connectivity index (χ0v) is 16.9. The molecule has 0 aliphatic carbocycles. The molecular weight excluding hydrogens is 418 g/mol. The highest BCUT2D eigenvalue weighted by Gasteiger charge is 2.33. The molecule has 1 amide bonds. The first-order chi connectivity index (χ1) is 13.8. The summed E-state index contributed by atoms with van der Waals surface area (Å²) in [6.07, 6.45) is -0.564. The summed E-state index contributed by atoms with van der Waals surface area (Å²) in [4.78, 5) is 14.4. The number of sulfonamides is 1. The number of aromatic amines is 1. The number of nitrogens with two attached hydrogens (primary N) is 1. The number of hydrogen-bond donors (Lipinski definition) is 3. The highest BCUT2D eigenvalue weighted by molar-refractivity contribution is 7.89. The molecule has 1 aliphatic heterocycles. The number of benzene rings is 2. The van der Waals surface area contributed by atoms with Gasteiger partial charge in [0.2, 0.25) is 10.0 Å². The van der Waals surface area contributed by atoms with Crippen LogP contribution in [-0.4, -0.2) is 38.1 Å². The number of aromatic nitrogens is 1. The summed E-state index contributed by atoms with van der Waals surface area (Å²) in [5.41, 5.74) is 5.62. The second-order valence-corrected chi connectivity index (χ2v) is 8.79. The number of para-hydroxylation sites is 2. The molecule has 2 heterocycles. The van der Waals surface area contributed by atoms with Crippen LogP contribution in [0.5, 0.6) is 11.5 Å². The van der Waals surface area contributed by atoms with Crippen LogP contribution in [0.4, 0.5) is 0 Å². The van der Waals surface area contributed by atoms with Crippen molar-refractivity contribution in [3.05, 3.63) is 53.2 Å². The number of halogens is 1. The van der Waals surface area contributed by atoms with Gasteiger partial charge in [0.05, 0.1) is 6.04 Å². The summed E-state index contributed by atoms with van der Waals surface area (Å²) < 4.78 is 40.4. The largest absolute Gasteiger partial charge is 0.486 e. The van der Waals surface area contributed by atoms with Crippen molar-refractivity contribution in [2.24, 2.45) is 5.73 Å². The topological polar surface area (TPSA) is 124 Å². The summed E-state index contributed by atoms with van der Waals surface area (Å²) in [5.74, 6) is 0.240. The van der Waals surface area contributed by atoms with Crippen LogP contribution in [0.3, 0.4) is 0 Å². The Bertz CT molecular complexity index is 1210. The van der Waals surface area contributed by atoms with Crippen molar-refractivity contribution in [2.45, 2.75) is 24.0 Å². The Hall–Kier alpha value is -2.75. The predicted molar refractivity (Wildman–Crippen MR) is 108 cm³/mol. The fourth-order valence-electron chi connectivity index (χ4n) is 3.25. The lowest BCUT2D eigenvalue weighted by Gasteiger charge is -2.30. The van der Waals surface area contributed by atoms with Crippen LogP contribution in [0.2, 0.25) is 5.02 Å². The zero-order valence-electron chi connectivity index (χ0n) is 15.3. The lowest BCUT2D eigenvalue weighted by Crippen LogP contribution is -2.48. The van der Waals surface area contributed by atoms with E-state index in [0.717, 1.165) is 0 Å². The fraction of sp³-hybridized carbons (Fsp3) is 0.211. The number of amides is 1. The molecule has 29 heavy (non-hydrogen) atoms. The van der Waals surface area contributed by atoms with Gasteiger partial charge in [0.1, 0.15) is 23.3 Å². The fourth-order valence-corrected chi connectivity index (χ4v) is 5.06. The van der Waals surface area contributed by atoms with E-state index in [0.29, 0.717) is 22.0 Å². The van der Waals surface area contributed by atoms with Crippen LogP contribution in [0.1, 0.15) is 17.4 Å². The molecule has 0 bridgehead atoms. The Balaban J connectivity index is 1.66. The number of fused-ring (bicyclic) bond motifs is 2. The van der Waals surface area contributed by atoms with Gasteiger partial charge in [0, 0.05) is 15.9 Å². The smallest absolute Gasteiger partial charge is 0.266 e. The quantitative estimate of drug-likeness (QED) is 0.567. The number of rotatable bonds is 5. The predicted octanol–water partition coefficient (Wildman–Crippen LogP) is 2.43. The number of primary amides is 1. The summed E-state index contributed by atoms with van der Waals surface area (Å²) >= 11 is 6.02. The van der Waals surface area contributed by atoms with Crippen molar-refractivity contribution in [1.29, 1.82) is 0 Å². The second-order valence-electron chi connectivity index (χ2n) is 6.71. The first-order valence-corrected chi connectivity index (χ1v) is 10.6. The van der Waals surface area contributed by atoms with Crippen molar-refractivity contribution in [1.82, 2.24) is 9.71 Å². The number of hydrogen-bond acceptors (Lipinski definition) is 5. The Morgan fingerprint density at radius 2 is 2.00 bits per heavy atom. The van der Waals surface area contributed by atoms with Gasteiger partial charge in [-0.2, -0.15) is 0 Å². The maximum atomic E-state index is 13.2. The molecule has 0 spiro atoms. The average Bonchev–Trinajstić information content (AvgIpc) is 3.07. The van der Waals surface area contributed by atoms with Crippen molar-refractivity contribution in [2.75, 3.05) is 6.61 Å². The molecule has 152 valence electrons. The SMILES string of the molecule is CC(NS(=O)(=O)c1c(C(N)=O)[nH]c2ccc(Cl)cc12)C1COc2ccccc2O1. The Morgan fingerprint density at radius 3 is 2.72 bits per heavy atom. The number of nitrogens with one attached hydrogen (secondary N) is 2. The Labute approximate surface area is 172 Å². The van der Waals surface area contributed by atoms with E-state index in [1.54, 1.807) is 37.3 Å². The van der Waals surface area contributed by atoms with Gasteiger partial charge >= 0.3 is 0 Å². The normalized spacial score (nSPS) is 17.2. The number of carbonyl (C=O) groups is 1. The summed E-state index contributed by atoms with van der Waals surface area (Å²) in [7, 11) is -4.14. The molecule has 4 N–H and O–H groups in total. The van der Waals surface area contributed by atoms with Gasteiger partial charge in [0.15, 0.2) is 11.5 Å². The van der Waals surface area contributed by atoms with Crippen LogP contribution >= 0.6 is 11.6 Å². The summed E-state index contributed by atoms with van der Waals surface area (Å²) in [6.45, 7) is 1.83.